The molecule has 1 aliphatic heterocycles. The van der Waals surface area contributed by atoms with E-state index in [4.69, 9.17) is 0 Å². The maximum Gasteiger partial charge on any atom is 0.274 e. The van der Waals surface area contributed by atoms with Crippen LogP contribution in [0.25, 0.3) is 0 Å². The number of piperidine rings is 1. The van der Waals surface area contributed by atoms with Crippen molar-refractivity contribution < 1.29 is 14.7 Å². The molecule has 1 aromatic rings. The Morgan fingerprint density at radius 2 is 2.37 bits per heavy atom. The van der Waals surface area contributed by atoms with E-state index in [1.807, 2.05) is 4.90 Å². The number of hydrogen-bond acceptors (Lipinski definition) is 4. The lowest BCUT2D eigenvalue weighted by Crippen LogP contribution is -2.50. The Morgan fingerprint density at radius 1 is 1.58 bits per heavy atom. The van der Waals surface area contributed by atoms with Gasteiger partial charge in [0.15, 0.2) is 0 Å². The van der Waals surface area contributed by atoms with Gasteiger partial charge in [0.1, 0.15) is 5.69 Å². The number of H-pyrrole nitrogens is 1. The molecule has 2 amide bonds. The molecule has 6 heteroatoms. The lowest BCUT2D eigenvalue weighted by atomic mass is 9.95. The van der Waals surface area contributed by atoms with E-state index in [2.05, 4.69) is 10.3 Å². The summed E-state index contributed by atoms with van der Waals surface area (Å²) < 4.78 is 0. The summed E-state index contributed by atoms with van der Waals surface area (Å²) in [5.41, 5.74) is -0.388. The van der Waals surface area contributed by atoms with Crippen LogP contribution in [-0.4, -0.2) is 52.0 Å². The van der Waals surface area contributed by atoms with Gasteiger partial charge in [0.05, 0.1) is 12.1 Å². The van der Waals surface area contributed by atoms with Crippen molar-refractivity contribution in [1.29, 1.82) is 0 Å². The fourth-order valence-corrected chi connectivity index (χ4v) is 2.37. The van der Waals surface area contributed by atoms with Crippen LogP contribution in [0, 0.1) is 0 Å². The fourth-order valence-electron chi connectivity index (χ4n) is 2.37. The molecule has 0 saturated carbocycles. The van der Waals surface area contributed by atoms with Gasteiger partial charge in [-0.05, 0) is 38.4 Å². The van der Waals surface area contributed by atoms with Crippen molar-refractivity contribution in [2.75, 3.05) is 19.6 Å². The lowest BCUT2D eigenvalue weighted by molar-refractivity contribution is -0.122. The number of aromatic nitrogens is 1. The quantitative estimate of drug-likeness (QED) is 0.724. The molecule has 2 rings (SSSR count). The van der Waals surface area contributed by atoms with E-state index in [0.717, 1.165) is 19.4 Å². The van der Waals surface area contributed by atoms with Gasteiger partial charge in [0.25, 0.3) is 5.91 Å². The number of β-amino-alcohol motifs (C(OH)–C–C–N with tert-alkyl or cyclic N) is 1. The molecule has 6 nitrogen and oxygen atoms in total. The number of likely N-dealkylation sites (tertiary alicyclic amines) is 1. The molecule has 0 aromatic carbocycles. The van der Waals surface area contributed by atoms with E-state index in [-0.39, 0.29) is 12.5 Å². The van der Waals surface area contributed by atoms with E-state index < -0.39 is 11.5 Å². The van der Waals surface area contributed by atoms with Gasteiger partial charge in [-0.25, -0.2) is 0 Å². The molecule has 1 fully saturated rings. The number of hydrogen-bond donors (Lipinski definition) is 3. The normalized spacial score (nSPS) is 24.1. The number of carbonyl (C=O) groups is 2. The van der Waals surface area contributed by atoms with E-state index >= 15 is 0 Å². The smallest absolute Gasteiger partial charge is 0.274 e. The van der Waals surface area contributed by atoms with Crippen LogP contribution in [0.2, 0.25) is 0 Å². The first-order valence-electron chi connectivity index (χ1n) is 6.39. The van der Waals surface area contributed by atoms with Crippen LogP contribution < -0.4 is 5.32 Å². The number of nitrogens with zero attached hydrogens (tertiary/aromatic N) is 1. The largest absolute Gasteiger partial charge is 0.389 e. The number of rotatable bonds is 3. The molecule has 104 valence electrons. The molecule has 1 atom stereocenters. The molecular weight excluding hydrogens is 246 g/mol. The summed E-state index contributed by atoms with van der Waals surface area (Å²) in [6.07, 6.45) is 3.22. The fraction of sp³-hybridized carbons (Fsp3) is 0.538. The summed E-state index contributed by atoms with van der Waals surface area (Å²) in [5, 5.41) is 12.3. The zero-order valence-electron chi connectivity index (χ0n) is 11.0. The number of nitrogens with one attached hydrogen (secondary N) is 2. The Kier molecular flexibility index (Phi) is 4.01. The predicted octanol–water partition coefficient (Wildman–Crippen LogP) is 0.118. The highest BCUT2D eigenvalue weighted by Gasteiger charge is 2.29. The van der Waals surface area contributed by atoms with Gasteiger partial charge in [-0.3, -0.25) is 19.8 Å². The van der Waals surface area contributed by atoms with Crippen molar-refractivity contribution in [3.05, 3.63) is 24.0 Å². The van der Waals surface area contributed by atoms with E-state index in [9.17, 15) is 14.7 Å². The van der Waals surface area contributed by atoms with Crippen LogP contribution in [0.3, 0.4) is 0 Å². The van der Waals surface area contributed by atoms with Crippen LogP contribution in [0.1, 0.15) is 30.3 Å². The Balaban J connectivity index is 1.83. The van der Waals surface area contributed by atoms with Gasteiger partial charge < -0.3 is 10.1 Å². The molecule has 1 saturated heterocycles. The summed E-state index contributed by atoms with van der Waals surface area (Å²) >= 11 is 0. The number of amides is 2. The minimum atomic E-state index is -0.748. The van der Waals surface area contributed by atoms with Crippen molar-refractivity contribution in [1.82, 2.24) is 15.2 Å². The van der Waals surface area contributed by atoms with Crippen LogP contribution >= 0.6 is 0 Å². The molecule has 0 spiro atoms. The van der Waals surface area contributed by atoms with Crippen LogP contribution in [0.15, 0.2) is 18.3 Å². The minimum Gasteiger partial charge on any atom is -0.389 e. The van der Waals surface area contributed by atoms with Crippen molar-refractivity contribution in [2.24, 2.45) is 0 Å². The van der Waals surface area contributed by atoms with Crippen molar-refractivity contribution in [3.63, 3.8) is 0 Å². The molecule has 3 N–H and O–H groups in total. The van der Waals surface area contributed by atoms with Crippen molar-refractivity contribution >= 4 is 11.8 Å². The van der Waals surface area contributed by atoms with Gasteiger partial charge in [0.2, 0.25) is 5.91 Å². The summed E-state index contributed by atoms with van der Waals surface area (Å²) in [5.74, 6) is -0.781. The highest BCUT2D eigenvalue weighted by Crippen LogP contribution is 2.19. The summed E-state index contributed by atoms with van der Waals surface area (Å²) in [4.78, 5) is 28.0. The summed E-state index contributed by atoms with van der Waals surface area (Å²) in [6.45, 7) is 3.11. The Morgan fingerprint density at radius 3 is 3.00 bits per heavy atom. The zero-order chi connectivity index (χ0) is 13.9. The zero-order valence-corrected chi connectivity index (χ0v) is 11.0. The van der Waals surface area contributed by atoms with Gasteiger partial charge in [-0.1, -0.05) is 0 Å². The lowest BCUT2D eigenvalue weighted by Gasteiger charge is -2.36. The molecule has 1 aromatic heterocycles. The van der Waals surface area contributed by atoms with Crippen molar-refractivity contribution in [3.8, 4) is 0 Å². The first-order valence-corrected chi connectivity index (χ1v) is 6.39. The summed E-state index contributed by atoms with van der Waals surface area (Å²) in [6, 6.07) is 3.30. The van der Waals surface area contributed by atoms with Gasteiger partial charge in [-0.2, -0.15) is 0 Å². The Hall–Kier alpha value is -1.66. The SMILES string of the molecule is CC1(O)CCCN(CC(=O)NC(=O)c2ccc[nH]2)C1. The molecule has 19 heavy (non-hydrogen) atoms. The Labute approximate surface area is 111 Å². The highest BCUT2D eigenvalue weighted by molar-refractivity contribution is 6.04. The predicted molar refractivity (Wildman–Crippen MR) is 69.6 cm³/mol. The minimum absolute atomic E-state index is 0.128. The van der Waals surface area contributed by atoms with Crippen LogP contribution in [0.5, 0.6) is 0 Å². The monoisotopic (exact) mass is 265 g/mol. The van der Waals surface area contributed by atoms with Gasteiger partial charge >= 0.3 is 0 Å². The number of aliphatic hydroxyl groups is 1. The third-order valence-corrected chi connectivity index (χ3v) is 3.22. The average molecular weight is 265 g/mol. The second-order valence-corrected chi connectivity index (χ2v) is 5.27. The second kappa shape index (κ2) is 5.54. The van der Waals surface area contributed by atoms with Crippen LogP contribution in [-0.2, 0) is 4.79 Å². The second-order valence-electron chi connectivity index (χ2n) is 5.27. The molecule has 0 aliphatic carbocycles. The number of imide groups is 1. The summed E-state index contributed by atoms with van der Waals surface area (Å²) in [7, 11) is 0. The molecule has 2 heterocycles. The maximum absolute atomic E-state index is 11.8. The average Bonchev–Trinajstić information content (AvgIpc) is 2.80. The maximum atomic E-state index is 11.8. The van der Waals surface area contributed by atoms with Crippen molar-refractivity contribution in [2.45, 2.75) is 25.4 Å². The Bertz CT molecular complexity index is 454. The van der Waals surface area contributed by atoms with E-state index in [1.54, 1.807) is 25.3 Å². The van der Waals surface area contributed by atoms with Gasteiger partial charge in [0, 0.05) is 12.7 Å². The molecule has 0 bridgehead atoms. The van der Waals surface area contributed by atoms with Crippen LogP contribution in [0.4, 0.5) is 0 Å². The molecular formula is C13H19N3O3. The third-order valence-electron chi connectivity index (χ3n) is 3.22. The third kappa shape index (κ3) is 3.90. The van der Waals surface area contributed by atoms with Gasteiger partial charge in [-0.15, -0.1) is 0 Å². The standard InChI is InChI=1S/C13H19N3O3/c1-13(19)5-3-7-16(9-13)8-11(17)15-12(18)10-4-2-6-14-10/h2,4,6,14,19H,3,5,7-9H2,1H3,(H,15,17,18). The molecule has 0 radical (unpaired) electrons. The van der Waals surface area contributed by atoms with E-state index in [0.29, 0.717) is 12.2 Å². The topological polar surface area (TPSA) is 85.4 Å². The molecule has 1 aliphatic rings. The molecule has 1 unspecified atom stereocenters. The number of carbonyl (C=O) groups excluding carboxylic acids is 2. The number of aromatic amines is 1. The first kappa shape index (κ1) is 13.8. The first-order chi connectivity index (χ1) is 8.96. The highest BCUT2D eigenvalue weighted by atomic mass is 16.3. The van der Waals surface area contributed by atoms with E-state index in [1.165, 1.54) is 0 Å².